The van der Waals surface area contributed by atoms with Gasteiger partial charge in [-0.3, -0.25) is 4.79 Å². The maximum atomic E-state index is 12.3. The molecule has 2 unspecified atom stereocenters. The zero-order valence-corrected chi connectivity index (χ0v) is 13.4. The number of nitrogens with one attached hydrogen (secondary N) is 2. The molecular formula is C14H20ClN3OS. The summed E-state index contributed by atoms with van der Waals surface area (Å²) < 4.78 is 0. The summed E-state index contributed by atoms with van der Waals surface area (Å²) in [6.07, 6.45) is 3.24. The highest BCUT2D eigenvalue weighted by atomic mass is 35.5. The molecule has 0 radical (unpaired) electrons. The van der Waals surface area contributed by atoms with Crippen LogP contribution in [0.1, 0.15) is 36.7 Å². The largest absolute Gasteiger partial charge is 0.373 e. The molecule has 0 aliphatic heterocycles. The van der Waals surface area contributed by atoms with Crippen LogP contribution in [0.3, 0.4) is 0 Å². The van der Waals surface area contributed by atoms with Crippen LogP contribution >= 0.6 is 23.4 Å². The number of hydrogen-bond acceptors (Lipinski definition) is 4. The summed E-state index contributed by atoms with van der Waals surface area (Å²) in [6, 6.07) is 3.69. The van der Waals surface area contributed by atoms with E-state index in [1.54, 1.807) is 19.2 Å². The summed E-state index contributed by atoms with van der Waals surface area (Å²) in [5, 5.41) is 7.01. The molecule has 1 amide bonds. The molecule has 2 atom stereocenters. The number of aromatic nitrogens is 1. The van der Waals surface area contributed by atoms with Gasteiger partial charge in [0.05, 0.1) is 5.02 Å². The van der Waals surface area contributed by atoms with Gasteiger partial charge >= 0.3 is 0 Å². The number of hydrogen-bond donors (Lipinski definition) is 2. The Morgan fingerprint density at radius 2 is 2.30 bits per heavy atom. The quantitative estimate of drug-likeness (QED) is 0.876. The van der Waals surface area contributed by atoms with Crippen molar-refractivity contribution in [3.63, 3.8) is 0 Å². The van der Waals surface area contributed by atoms with Gasteiger partial charge in [0.1, 0.15) is 11.5 Å². The molecule has 0 aromatic carbocycles. The lowest BCUT2D eigenvalue weighted by Gasteiger charge is -2.14. The van der Waals surface area contributed by atoms with Gasteiger partial charge in [-0.25, -0.2) is 4.98 Å². The van der Waals surface area contributed by atoms with Crippen molar-refractivity contribution in [2.24, 2.45) is 0 Å². The highest BCUT2D eigenvalue weighted by Crippen LogP contribution is 2.30. The van der Waals surface area contributed by atoms with Crippen LogP contribution in [0.2, 0.25) is 5.02 Å². The monoisotopic (exact) mass is 313 g/mol. The first-order valence-corrected chi connectivity index (χ1v) is 8.33. The molecule has 1 aliphatic carbocycles. The van der Waals surface area contributed by atoms with E-state index in [0.717, 1.165) is 18.6 Å². The van der Waals surface area contributed by atoms with E-state index >= 15 is 0 Å². The molecule has 6 heteroatoms. The van der Waals surface area contributed by atoms with E-state index in [2.05, 4.69) is 22.5 Å². The fourth-order valence-electron chi connectivity index (χ4n) is 2.45. The second-order valence-corrected chi connectivity index (χ2v) is 6.82. The second-order valence-electron chi connectivity index (χ2n) is 4.84. The van der Waals surface area contributed by atoms with Crippen LogP contribution in [-0.2, 0) is 0 Å². The van der Waals surface area contributed by atoms with Crippen LogP contribution in [-0.4, -0.2) is 35.0 Å². The second kappa shape index (κ2) is 7.18. The minimum absolute atomic E-state index is 0.181. The SMILES string of the molecule is CCSC1CCC(NC(=O)c2nc(NC)ccc2Cl)C1. The average Bonchev–Trinajstić information content (AvgIpc) is 2.87. The van der Waals surface area contributed by atoms with Gasteiger partial charge in [0, 0.05) is 18.3 Å². The van der Waals surface area contributed by atoms with Crippen molar-refractivity contribution >= 4 is 35.1 Å². The number of rotatable bonds is 5. The summed E-state index contributed by atoms with van der Waals surface area (Å²) in [5.74, 6) is 1.59. The Bertz CT molecular complexity index is 483. The molecule has 110 valence electrons. The van der Waals surface area contributed by atoms with Crippen molar-refractivity contribution < 1.29 is 4.79 Å². The predicted octanol–water partition coefficient (Wildman–Crippen LogP) is 3.18. The molecular weight excluding hydrogens is 294 g/mol. The normalized spacial score (nSPS) is 21.8. The van der Waals surface area contributed by atoms with Crippen LogP contribution in [0.4, 0.5) is 5.82 Å². The molecule has 2 rings (SSSR count). The molecule has 2 N–H and O–H groups in total. The highest BCUT2D eigenvalue weighted by Gasteiger charge is 2.27. The summed E-state index contributed by atoms with van der Waals surface area (Å²) in [4.78, 5) is 16.5. The number of carbonyl (C=O) groups excluding carboxylic acids is 1. The summed E-state index contributed by atoms with van der Waals surface area (Å²) in [6.45, 7) is 2.17. The number of amides is 1. The van der Waals surface area contributed by atoms with Crippen molar-refractivity contribution in [1.29, 1.82) is 0 Å². The predicted molar refractivity (Wildman–Crippen MR) is 85.8 cm³/mol. The lowest BCUT2D eigenvalue weighted by Crippen LogP contribution is -2.34. The van der Waals surface area contributed by atoms with Crippen molar-refractivity contribution in [2.45, 2.75) is 37.5 Å². The van der Waals surface area contributed by atoms with Gasteiger partial charge in [-0.2, -0.15) is 11.8 Å². The Labute approximate surface area is 129 Å². The minimum atomic E-state index is -0.181. The van der Waals surface area contributed by atoms with E-state index < -0.39 is 0 Å². The molecule has 1 aromatic heterocycles. The molecule has 4 nitrogen and oxygen atoms in total. The third-order valence-electron chi connectivity index (χ3n) is 3.44. The molecule has 1 aromatic rings. The maximum Gasteiger partial charge on any atom is 0.271 e. The molecule has 20 heavy (non-hydrogen) atoms. The first-order chi connectivity index (χ1) is 9.63. The van der Waals surface area contributed by atoms with Gasteiger partial charge in [0.2, 0.25) is 0 Å². The lowest BCUT2D eigenvalue weighted by molar-refractivity contribution is 0.0933. The Morgan fingerprint density at radius 3 is 3.00 bits per heavy atom. The number of pyridine rings is 1. The first kappa shape index (κ1) is 15.4. The van der Waals surface area contributed by atoms with E-state index in [1.165, 1.54) is 6.42 Å². The van der Waals surface area contributed by atoms with Crippen LogP contribution in [0.15, 0.2) is 12.1 Å². The first-order valence-electron chi connectivity index (χ1n) is 6.90. The maximum absolute atomic E-state index is 12.3. The Hall–Kier alpha value is -0.940. The Morgan fingerprint density at radius 1 is 1.50 bits per heavy atom. The number of carbonyl (C=O) groups is 1. The van der Waals surface area contributed by atoms with Crippen molar-refractivity contribution in [3.05, 3.63) is 22.8 Å². The Balaban J connectivity index is 1.98. The third kappa shape index (κ3) is 3.79. The van der Waals surface area contributed by atoms with Gasteiger partial charge in [-0.05, 0) is 37.1 Å². The molecule has 1 aliphatic rings. The topological polar surface area (TPSA) is 54.0 Å². The van der Waals surface area contributed by atoms with Crippen molar-refractivity contribution in [2.75, 3.05) is 18.1 Å². The fourth-order valence-corrected chi connectivity index (χ4v) is 3.79. The lowest BCUT2D eigenvalue weighted by atomic mass is 10.2. The summed E-state index contributed by atoms with van der Waals surface area (Å²) in [5.41, 5.74) is 0.296. The van der Waals surface area contributed by atoms with Crippen molar-refractivity contribution in [1.82, 2.24) is 10.3 Å². The van der Waals surface area contributed by atoms with Crippen LogP contribution in [0.5, 0.6) is 0 Å². The van der Waals surface area contributed by atoms with Gasteiger partial charge in [-0.15, -0.1) is 0 Å². The summed E-state index contributed by atoms with van der Waals surface area (Å²) in [7, 11) is 1.77. The van der Waals surface area contributed by atoms with E-state index in [-0.39, 0.29) is 11.9 Å². The molecule has 1 fully saturated rings. The van der Waals surface area contributed by atoms with E-state index in [9.17, 15) is 4.79 Å². The molecule has 1 saturated carbocycles. The molecule has 1 heterocycles. The number of halogens is 1. The van der Waals surface area contributed by atoms with Crippen LogP contribution in [0, 0.1) is 0 Å². The Kier molecular flexibility index (Phi) is 5.54. The van der Waals surface area contributed by atoms with Gasteiger partial charge in [0.15, 0.2) is 0 Å². The van der Waals surface area contributed by atoms with Gasteiger partial charge in [-0.1, -0.05) is 18.5 Å². The van der Waals surface area contributed by atoms with Crippen molar-refractivity contribution in [3.8, 4) is 0 Å². The van der Waals surface area contributed by atoms with Crippen LogP contribution < -0.4 is 10.6 Å². The third-order valence-corrected chi connectivity index (χ3v) is 4.98. The number of nitrogens with zero attached hydrogens (tertiary/aromatic N) is 1. The number of anilines is 1. The molecule has 0 spiro atoms. The highest BCUT2D eigenvalue weighted by molar-refractivity contribution is 7.99. The van der Waals surface area contributed by atoms with E-state index in [4.69, 9.17) is 11.6 Å². The number of thioether (sulfide) groups is 1. The molecule has 0 bridgehead atoms. The van der Waals surface area contributed by atoms with E-state index in [0.29, 0.717) is 21.8 Å². The average molecular weight is 314 g/mol. The fraction of sp³-hybridized carbons (Fsp3) is 0.571. The standard InChI is InChI=1S/C14H20ClN3OS/c1-3-20-10-5-4-9(8-10)17-14(19)13-11(15)6-7-12(16-2)18-13/h6-7,9-10H,3-5,8H2,1-2H3,(H,16,18)(H,17,19). The molecule has 0 saturated heterocycles. The minimum Gasteiger partial charge on any atom is -0.373 e. The zero-order valence-electron chi connectivity index (χ0n) is 11.8. The van der Waals surface area contributed by atoms with E-state index in [1.807, 2.05) is 11.8 Å². The smallest absolute Gasteiger partial charge is 0.271 e. The van der Waals surface area contributed by atoms with Gasteiger partial charge < -0.3 is 10.6 Å². The summed E-state index contributed by atoms with van der Waals surface area (Å²) >= 11 is 8.03. The van der Waals surface area contributed by atoms with Crippen LogP contribution in [0.25, 0.3) is 0 Å². The zero-order chi connectivity index (χ0) is 14.5. The van der Waals surface area contributed by atoms with Gasteiger partial charge in [0.25, 0.3) is 5.91 Å².